The predicted octanol–water partition coefficient (Wildman–Crippen LogP) is 3.92. The van der Waals surface area contributed by atoms with Gasteiger partial charge in [0.25, 0.3) is 5.56 Å². The van der Waals surface area contributed by atoms with Crippen molar-refractivity contribution in [1.29, 1.82) is 5.41 Å². The SMILES string of the molecule is CCS(=O)(=O)Nc1ccc(Oc2ccc(F)cc2F)c(-c2cn(C)c(=O)c(C=N)c2NC)c1. The predicted molar refractivity (Wildman–Crippen MR) is 124 cm³/mol. The maximum Gasteiger partial charge on any atom is 0.261 e. The van der Waals surface area contributed by atoms with Crippen LogP contribution in [-0.2, 0) is 17.1 Å². The van der Waals surface area contributed by atoms with Gasteiger partial charge in [0.05, 0.1) is 17.0 Å². The maximum absolute atomic E-state index is 14.3. The van der Waals surface area contributed by atoms with Crippen LogP contribution in [0, 0.1) is 17.0 Å². The van der Waals surface area contributed by atoms with Crippen molar-refractivity contribution in [3.63, 3.8) is 0 Å². The molecule has 0 unspecified atom stereocenters. The number of nitrogens with zero attached hydrogens (tertiary/aromatic N) is 1. The van der Waals surface area contributed by atoms with Crippen molar-refractivity contribution in [2.75, 3.05) is 22.8 Å². The van der Waals surface area contributed by atoms with Crippen LogP contribution in [0.4, 0.5) is 20.2 Å². The number of hydrogen-bond acceptors (Lipinski definition) is 6. The van der Waals surface area contributed by atoms with E-state index in [0.717, 1.165) is 18.3 Å². The van der Waals surface area contributed by atoms with Crippen molar-refractivity contribution >= 4 is 27.6 Å². The average Bonchev–Trinajstić information content (AvgIpc) is 2.77. The Morgan fingerprint density at radius 1 is 1.12 bits per heavy atom. The van der Waals surface area contributed by atoms with E-state index in [2.05, 4.69) is 10.0 Å². The summed E-state index contributed by atoms with van der Waals surface area (Å²) >= 11 is 0. The molecule has 8 nitrogen and oxygen atoms in total. The van der Waals surface area contributed by atoms with Crippen LogP contribution in [0.25, 0.3) is 11.1 Å². The Labute approximate surface area is 189 Å². The Morgan fingerprint density at radius 3 is 2.42 bits per heavy atom. The fourth-order valence-electron chi connectivity index (χ4n) is 3.19. The number of rotatable bonds is 8. The van der Waals surface area contributed by atoms with Crippen LogP contribution >= 0.6 is 0 Å². The molecule has 1 aromatic heterocycles. The lowest BCUT2D eigenvalue weighted by Crippen LogP contribution is -2.22. The van der Waals surface area contributed by atoms with E-state index in [1.54, 1.807) is 7.05 Å². The number of sulfonamides is 1. The highest BCUT2D eigenvalue weighted by atomic mass is 32.2. The summed E-state index contributed by atoms with van der Waals surface area (Å²) in [5.74, 6) is -1.98. The van der Waals surface area contributed by atoms with Gasteiger partial charge in [-0.2, -0.15) is 0 Å². The number of anilines is 2. The molecule has 174 valence electrons. The molecule has 0 spiro atoms. The van der Waals surface area contributed by atoms with E-state index in [1.165, 1.54) is 42.9 Å². The molecule has 0 aliphatic carbocycles. The van der Waals surface area contributed by atoms with Gasteiger partial charge in [0.2, 0.25) is 10.0 Å². The van der Waals surface area contributed by atoms with Gasteiger partial charge in [0.15, 0.2) is 11.6 Å². The van der Waals surface area contributed by atoms with Gasteiger partial charge in [-0.05, 0) is 37.3 Å². The third kappa shape index (κ3) is 5.03. The summed E-state index contributed by atoms with van der Waals surface area (Å²) in [6.07, 6.45) is 2.39. The quantitative estimate of drug-likeness (QED) is 0.427. The topological polar surface area (TPSA) is 113 Å². The molecule has 0 atom stereocenters. The summed E-state index contributed by atoms with van der Waals surface area (Å²) in [5.41, 5.74) is 0.856. The number of ether oxygens (including phenoxy) is 1. The molecule has 11 heteroatoms. The summed E-state index contributed by atoms with van der Waals surface area (Å²) in [6.45, 7) is 1.49. The van der Waals surface area contributed by atoms with E-state index in [-0.39, 0.29) is 28.5 Å². The average molecular weight is 477 g/mol. The molecule has 3 N–H and O–H groups in total. The number of aryl methyl sites for hydroxylation is 1. The van der Waals surface area contributed by atoms with Gasteiger partial charge in [-0.25, -0.2) is 17.2 Å². The Morgan fingerprint density at radius 2 is 1.82 bits per heavy atom. The van der Waals surface area contributed by atoms with Crippen LogP contribution in [0.5, 0.6) is 11.5 Å². The van der Waals surface area contributed by atoms with Gasteiger partial charge in [0, 0.05) is 49.4 Å². The Balaban J connectivity index is 2.27. The van der Waals surface area contributed by atoms with E-state index >= 15 is 0 Å². The van der Waals surface area contributed by atoms with E-state index in [1.807, 2.05) is 0 Å². The van der Waals surface area contributed by atoms with Crippen LogP contribution in [0.3, 0.4) is 0 Å². The number of hydrogen-bond donors (Lipinski definition) is 3. The number of aromatic nitrogens is 1. The zero-order chi connectivity index (χ0) is 24.3. The molecule has 0 aliphatic heterocycles. The number of pyridine rings is 1. The van der Waals surface area contributed by atoms with Gasteiger partial charge in [-0.1, -0.05) is 0 Å². The number of halogens is 2. The second kappa shape index (κ2) is 9.41. The lowest BCUT2D eigenvalue weighted by atomic mass is 10.0. The van der Waals surface area contributed by atoms with Crippen molar-refractivity contribution in [3.05, 3.63) is 70.1 Å². The minimum Gasteiger partial charge on any atom is -0.454 e. The summed E-state index contributed by atoms with van der Waals surface area (Å²) in [6, 6.07) is 7.19. The maximum atomic E-state index is 14.3. The van der Waals surface area contributed by atoms with E-state index < -0.39 is 27.2 Å². The van der Waals surface area contributed by atoms with Crippen molar-refractivity contribution in [2.45, 2.75) is 6.92 Å². The van der Waals surface area contributed by atoms with Crippen LogP contribution in [0.15, 0.2) is 47.4 Å². The van der Waals surface area contributed by atoms with E-state index in [4.69, 9.17) is 10.1 Å². The van der Waals surface area contributed by atoms with E-state index in [0.29, 0.717) is 22.9 Å². The first-order chi connectivity index (χ1) is 15.6. The monoisotopic (exact) mass is 476 g/mol. The Bertz CT molecular complexity index is 1390. The first-order valence-electron chi connectivity index (χ1n) is 9.79. The summed E-state index contributed by atoms with van der Waals surface area (Å²) in [7, 11) is -0.531. The minimum absolute atomic E-state index is 0.0657. The molecule has 0 aliphatic rings. The largest absolute Gasteiger partial charge is 0.454 e. The van der Waals surface area contributed by atoms with Crippen LogP contribution < -0.4 is 20.3 Å². The minimum atomic E-state index is -3.60. The van der Waals surface area contributed by atoms with Crippen molar-refractivity contribution in [1.82, 2.24) is 4.57 Å². The highest BCUT2D eigenvalue weighted by Crippen LogP contribution is 2.40. The normalized spacial score (nSPS) is 11.2. The lowest BCUT2D eigenvalue weighted by Gasteiger charge is -2.18. The van der Waals surface area contributed by atoms with Crippen molar-refractivity contribution in [3.8, 4) is 22.6 Å². The lowest BCUT2D eigenvalue weighted by molar-refractivity contribution is 0.439. The molecule has 0 amide bonds. The first kappa shape index (κ1) is 23.9. The zero-order valence-corrected chi connectivity index (χ0v) is 18.9. The molecule has 2 aromatic carbocycles. The third-order valence-electron chi connectivity index (χ3n) is 4.84. The Hall–Kier alpha value is -3.73. The molecule has 0 radical (unpaired) electrons. The molecule has 0 saturated heterocycles. The van der Waals surface area contributed by atoms with Crippen molar-refractivity contribution < 1.29 is 21.9 Å². The van der Waals surface area contributed by atoms with Crippen LogP contribution in [0.1, 0.15) is 12.5 Å². The highest BCUT2D eigenvalue weighted by Gasteiger charge is 2.20. The van der Waals surface area contributed by atoms with E-state index in [9.17, 15) is 22.0 Å². The summed E-state index contributed by atoms with van der Waals surface area (Å²) in [4.78, 5) is 12.5. The van der Waals surface area contributed by atoms with Gasteiger partial charge in [0.1, 0.15) is 11.6 Å². The summed E-state index contributed by atoms with van der Waals surface area (Å²) < 4.78 is 61.1. The molecular weight excluding hydrogens is 454 g/mol. The second-order valence-electron chi connectivity index (χ2n) is 7.04. The third-order valence-corrected chi connectivity index (χ3v) is 6.15. The van der Waals surface area contributed by atoms with Gasteiger partial charge < -0.3 is 20.0 Å². The van der Waals surface area contributed by atoms with Gasteiger partial charge in [-0.15, -0.1) is 0 Å². The second-order valence-corrected chi connectivity index (χ2v) is 9.05. The molecular formula is C22H22F2N4O4S. The van der Waals surface area contributed by atoms with Gasteiger partial charge >= 0.3 is 0 Å². The number of nitrogens with one attached hydrogen (secondary N) is 3. The molecule has 0 bridgehead atoms. The standard InChI is InChI=1S/C22H22F2N4O4S/c1-4-33(30,31)27-14-6-8-19(32-20-7-5-13(23)9-18(20)24)15(10-14)17-12-28(3)22(29)16(11-25)21(17)26-2/h5-12,25-27H,4H2,1-3H3. The smallest absolute Gasteiger partial charge is 0.261 e. The molecule has 33 heavy (non-hydrogen) atoms. The van der Waals surface area contributed by atoms with Crippen molar-refractivity contribution in [2.24, 2.45) is 7.05 Å². The first-order valence-corrected chi connectivity index (χ1v) is 11.4. The Kier molecular flexibility index (Phi) is 6.82. The summed E-state index contributed by atoms with van der Waals surface area (Å²) in [5, 5.41) is 10.6. The zero-order valence-electron chi connectivity index (χ0n) is 18.1. The molecule has 1 heterocycles. The highest BCUT2D eigenvalue weighted by molar-refractivity contribution is 7.92. The number of benzene rings is 2. The van der Waals surface area contributed by atoms with Crippen LogP contribution in [-0.4, -0.2) is 32.0 Å². The molecule has 3 rings (SSSR count). The van der Waals surface area contributed by atoms with Gasteiger partial charge in [-0.3, -0.25) is 9.52 Å². The molecule has 0 fully saturated rings. The molecule has 3 aromatic rings. The van der Waals surface area contributed by atoms with Crippen LogP contribution in [0.2, 0.25) is 0 Å². The fraction of sp³-hybridized carbons (Fsp3) is 0.182. The fourth-order valence-corrected chi connectivity index (χ4v) is 3.82. The molecule has 0 saturated carbocycles.